The van der Waals surface area contributed by atoms with E-state index in [9.17, 15) is 14.7 Å². The van der Waals surface area contributed by atoms with Crippen molar-refractivity contribution in [2.24, 2.45) is 0 Å². The predicted octanol–water partition coefficient (Wildman–Crippen LogP) is 1.68. The van der Waals surface area contributed by atoms with E-state index in [0.717, 1.165) is 10.5 Å². The molecule has 1 rings (SSSR count). The van der Waals surface area contributed by atoms with Gasteiger partial charge in [-0.3, -0.25) is 10.1 Å². The molecule has 1 aromatic rings. The van der Waals surface area contributed by atoms with Crippen LogP contribution in [-0.2, 0) is 4.79 Å². The van der Waals surface area contributed by atoms with Crippen LogP contribution in [0, 0.1) is 0 Å². The number of aliphatic hydroxyl groups excluding tert-OH is 1. The summed E-state index contributed by atoms with van der Waals surface area (Å²) < 4.78 is 0. The zero-order valence-electron chi connectivity index (χ0n) is 11.1. The lowest BCUT2D eigenvalue weighted by atomic mass is 10.1. The Bertz CT molecular complexity index is 446. The van der Waals surface area contributed by atoms with Crippen molar-refractivity contribution in [3.63, 3.8) is 0 Å². The number of benzene rings is 1. The minimum atomic E-state index is -0.512. The smallest absolute Gasteiger partial charge is 0.321 e. The van der Waals surface area contributed by atoms with Crippen molar-refractivity contribution in [3.05, 3.63) is 29.8 Å². The van der Waals surface area contributed by atoms with Gasteiger partial charge in [0.1, 0.15) is 0 Å². The molecule has 0 aliphatic carbocycles. The summed E-state index contributed by atoms with van der Waals surface area (Å²) in [5.41, 5.74) is 0.826. The first kappa shape index (κ1) is 15.5. The fraction of sp³-hybridized carbons (Fsp3) is 0.385. The second-order valence-electron chi connectivity index (χ2n) is 4.07. The fourth-order valence-corrected chi connectivity index (χ4v) is 2.23. The fourth-order valence-electron chi connectivity index (χ4n) is 1.36. The highest BCUT2D eigenvalue weighted by Crippen LogP contribution is 2.25. The number of amides is 3. The van der Waals surface area contributed by atoms with Gasteiger partial charge in [0.05, 0.1) is 11.4 Å². The van der Waals surface area contributed by atoms with E-state index in [1.165, 1.54) is 18.8 Å². The highest BCUT2D eigenvalue weighted by molar-refractivity contribution is 8.00. The van der Waals surface area contributed by atoms with Crippen LogP contribution in [0.2, 0.25) is 0 Å². The van der Waals surface area contributed by atoms with Crippen LogP contribution in [0.4, 0.5) is 4.79 Å². The van der Waals surface area contributed by atoms with Gasteiger partial charge in [0, 0.05) is 11.9 Å². The Morgan fingerprint density at radius 2 is 1.79 bits per heavy atom. The molecule has 5 nitrogen and oxygen atoms in total. The highest BCUT2D eigenvalue weighted by Gasteiger charge is 2.16. The minimum absolute atomic E-state index is 0.344. The summed E-state index contributed by atoms with van der Waals surface area (Å²) >= 11 is 1.35. The summed E-state index contributed by atoms with van der Waals surface area (Å²) in [5.74, 6) is -0.344. The summed E-state index contributed by atoms with van der Waals surface area (Å²) in [4.78, 5) is 23.6. The molecule has 0 radical (unpaired) electrons. The molecule has 0 aliphatic rings. The summed E-state index contributed by atoms with van der Waals surface area (Å²) in [6.07, 6.45) is -0.506. The summed E-state index contributed by atoms with van der Waals surface area (Å²) in [6, 6.07) is 6.81. The van der Waals surface area contributed by atoms with Crippen molar-refractivity contribution in [2.75, 3.05) is 7.05 Å². The van der Waals surface area contributed by atoms with Crippen molar-refractivity contribution in [1.82, 2.24) is 10.6 Å². The number of imide groups is 1. The Hall–Kier alpha value is -1.53. The van der Waals surface area contributed by atoms with Crippen LogP contribution in [0.25, 0.3) is 0 Å². The third kappa shape index (κ3) is 4.92. The predicted molar refractivity (Wildman–Crippen MR) is 75.0 cm³/mol. The second-order valence-corrected chi connectivity index (χ2v) is 5.49. The average molecular weight is 282 g/mol. The van der Waals surface area contributed by atoms with Crippen LogP contribution in [0.1, 0.15) is 25.5 Å². The number of nitrogens with one attached hydrogen (secondary N) is 2. The molecule has 6 heteroatoms. The normalized spacial score (nSPS) is 13.5. The Balaban J connectivity index is 2.58. The standard InChI is InChI=1S/C13H18N2O3S/c1-8(16)10-4-6-11(7-5-10)19-9(2)12(17)15-13(18)14-3/h4-9,16H,1-3H3,(H2,14,15,17,18). The quantitative estimate of drug-likeness (QED) is 0.734. The molecular formula is C13H18N2O3S. The van der Waals surface area contributed by atoms with Gasteiger partial charge < -0.3 is 10.4 Å². The van der Waals surface area contributed by atoms with Gasteiger partial charge in [-0.05, 0) is 31.5 Å². The molecule has 0 saturated heterocycles. The molecule has 2 unspecified atom stereocenters. The van der Waals surface area contributed by atoms with Gasteiger partial charge in [-0.25, -0.2) is 4.79 Å². The molecule has 0 heterocycles. The second kappa shape index (κ2) is 7.16. The number of hydrogen-bond donors (Lipinski definition) is 3. The van der Waals surface area contributed by atoms with E-state index in [2.05, 4.69) is 10.6 Å². The van der Waals surface area contributed by atoms with Gasteiger partial charge in [-0.2, -0.15) is 0 Å². The first-order valence-electron chi connectivity index (χ1n) is 5.91. The topological polar surface area (TPSA) is 78.4 Å². The van der Waals surface area contributed by atoms with Crippen LogP contribution in [0.3, 0.4) is 0 Å². The van der Waals surface area contributed by atoms with Crippen molar-refractivity contribution in [3.8, 4) is 0 Å². The number of rotatable bonds is 4. The Kier molecular flexibility index (Phi) is 5.85. The number of urea groups is 1. The number of carbonyl (C=O) groups excluding carboxylic acids is 2. The molecule has 19 heavy (non-hydrogen) atoms. The van der Waals surface area contributed by atoms with E-state index < -0.39 is 12.1 Å². The Morgan fingerprint density at radius 3 is 2.26 bits per heavy atom. The van der Waals surface area contributed by atoms with E-state index in [0.29, 0.717) is 0 Å². The van der Waals surface area contributed by atoms with Crippen LogP contribution in [-0.4, -0.2) is 29.3 Å². The van der Waals surface area contributed by atoms with Gasteiger partial charge in [0.15, 0.2) is 0 Å². The molecule has 0 spiro atoms. The number of carbonyl (C=O) groups is 2. The van der Waals surface area contributed by atoms with Crippen molar-refractivity contribution >= 4 is 23.7 Å². The number of hydrogen-bond acceptors (Lipinski definition) is 4. The van der Waals surface area contributed by atoms with Gasteiger partial charge in [-0.15, -0.1) is 11.8 Å². The Morgan fingerprint density at radius 1 is 1.21 bits per heavy atom. The third-order valence-electron chi connectivity index (χ3n) is 2.51. The molecule has 0 aromatic heterocycles. The lowest BCUT2D eigenvalue weighted by Crippen LogP contribution is -2.41. The van der Waals surface area contributed by atoms with E-state index in [-0.39, 0.29) is 11.2 Å². The van der Waals surface area contributed by atoms with Crippen molar-refractivity contribution in [2.45, 2.75) is 30.1 Å². The summed E-state index contributed by atoms with van der Waals surface area (Å²) in [6.45, 7) is 3.42. The maximum Gasteiger partial charge on any atom is 0.321 e. The third-order valence-corrected chi connectivity index (χ3v) is 3.62. The van der Waals surface area contributed by atoms with Gasteiger partial charge in [0.25, 0.3) is 0 Å². The monoisotopic (exact) mass is 282 g/mol. The average Bonchev–Trinajstić information content (AvgIpc) is 2.38. The zero-order valence-corrected chi connectivity index (χ0v) is 12.0. The molecule has 0 bridgehead atoms. The maximum absolute atomic E-state index is 11.7. The van der Waals surface area contributed by atoms with Gasteiger partial charge >= 0.3 is 6.03 Å². The van der Waals surface area contributed by atoms with Crippen molar-refractivity contribution < 1.29 is 14.7 Å². The molecular weight excluding hydrogens is 264 g/mol. The molecule has 0 aliphatic heterocycles. The molecule has 2 atom stereocenters. The molecule has 3 amide bonds. The van der Waals surface area contributed by atoms with Crippen LogP contribution in [0.15, 0.2) is 29.2 Å². The minimum Gasteiger partial charge on any atom is -0.389 e. The lowest BCUT2D eigenvalue weighted by molar-refractivity contribution is -0.119. The molecule has 3 N–H and O–H groups in total. The molecule has 1 aromatic carbocycles. The summed E-state index contributed by atoms with van der Waals surface area (Å²) in [5, 5.41) is 13.6. The highest BCUT2D eigenvalue weighted by atomic mass is 32.2. The van der Waals surface area contributed by atoms with Crippen LogP contribution in [0.5, 0.6) is 0 Å². The van der Waals surface area contributed by atoms with E-state index in [1.807, 2.05) is 24.3 Å². The number of thioether (sulfide) groups is 1. The van der Waals surface area contributed by atoms with E-state index in [1.54, 1.807) is 13.8 Å². The van der Waals surface area contributed by atoms with E-state index in [4.69, 9.17) is 0 Å². The zero-order chi connectivity index (χ0) is 14.4. The van der Waals surface area contributed by atoms with Gasteiger partial charge in [0.2, 0.25) is 5.91 Å². The number of aliphatic hydroxyl groups is 1. The van der Waals surface area contributed by atoms with Gasteiger partial charge in [-0.1, -0.05) is 12.1 Å². The SMILES string of the molecule is CNC(=O)NC(=O)C(C)Sc1ccc(C(C)O)cc1. The van der Waals surface area contributed by atoms with E-state index >= 15 is 0 Å². The first-order chi connectivity index (χ1) is 8.93. The molecule has 0 fully saturated rings. The lowest BCUT2D eigenvalue weighted by Gasteiger charge is -2.11. The molecule has 0 saturated carbocycles. The first-order valence-corrected chi connectivity index (χ1v) is 6.79. The van der Waals surface area contributed by atoms with Crippen molar-refractivity contribution in [1.29, 1.82) is 0 Å². The molecule has 104 valence electrons. The summed E-state index contributed by atoms with van der Waals surface area (Å²) in [7, 11) is 1.45. The van der Waals surface area contributed by atoms with Crippen LogP contribution >= 0.6 is 11.8 Å². The maximum atomic E-state index is 11.7. The van der Waals surface area contributed by atoms with Crippen LogP contribution < -0.4 is 10.6 Å². The largest absolute Gasteiger partial charge is 0.389 e. The Labute approximate surface area is 116 Å².